The van der Waals surface area contributed by atoms with E-state index < -0.39 is 0 Å². The van der Waals surface area contributed by atoms with E-state index in [2.05, 4.69) is 36.1 Å². The van der Waals surface area contributed by atoms with Crippen LogP contribution in [0.1, 0.15) is 52.1 Å². The Bertz CT molecular complexity index is 312. The maximum absolute atomic E-state index is 4.25. The van der Waals surface area contributed by atoms with Gasteiger partial charge in [0.2, 0.25) is 0 Å². The van der Waals surface area contributed by atoms with E-state index >= 15 is 0 Å². The van der Waals surface area contributed by atoms with Crippen molar-refractivity contribution in [3.05, 3.63) is 18.1 Å². The van der Waals surface area contributed by atoms with E-state index in [-0.39, 0.29) is 0 Å². The molecule has 0 saturated heterocycles. The van der Waals surface area contributed by atoms with Gasteiger partial charge in [-0.1, -0.05) is 40.0 Å². The highest BCUT2D eigenvalue weighted by atomic mass is 15.0. The molecule has 0 aliphatic heterocycles. The summed E-state index contributed by atoms with van der Waals surface area (Å²) < 4.78 is 0. The van der Waals surface area contributed by atoms with Crippen LogP contribution < -0.4 is 5.32 Å². The van der Waals surface area contributed by atoms with Gasteiger partial charge in [-0.05, 0) is 18.8 Å². The van der Waals surface area contributed by atoms with Gasteiger partial charge in [-0.25, -0.2) is 9.97 Å². The summed E-state index contributed by atoms with van der Waals surface area (Å²) in [5.74, 6) is 1.72. The smallest absolute Gasteiger partial charge is 0.129 e. The zero-order valence-electron chi connectivity index (χ0n) is 11.4. The molecule has 3 nitrogen and oxygen atoms in total. The van der Waals surface area contributed by atoms with Crippen LogP contribution >= 0.6 is 0 Å². The summed E-state index contributed by atoms with van der Waals surface area (Å²) in [5, 5.41) is 3.43. The number of hydrogen-bond acceptors (Lipinski definition) is 3. The van der Waals surface area contributed by atoms with Gasteiger partial charge in [0.1, 0.15) is 12.1 Å². The molecule has 1 aromatic heterocycles. The summed E-state index contributed by atoms with van der Waals surface area (Å²) >= 11 is 0. The summed E-state index contributed by atoms with van der Waals surface area (Å²) in [6, 6.07) is 2.05. The first-order valence-electron chi connectivity index (χ1n) is 6.84. The van der Waals surface area contributed by atoms with Crippen molar-refractivity contribution in [3.8, 4) is 0 Å². The maximum Gasteiger partial charge on any atom is 0.129 e. The molecule has 1 rings (SSSR count). The topological polar surface area (TPSA) is 37.8 Å². The molecule has 3 heteroatoms. The summed E-state index contributed by atoms with van der Waals surface area (Å²) in [5.41, 5.74) is 1.10. The van der Waals surface area contributed by atoms with Crippen LogP contribution in [0.5, 0.6) is 0 Å². The first kappa shape index (κ1) is 13.9. The minimum Gasteiger partial charge on any atom is -0.370 e. The largest absolute Gasteiger partial charge is 0.370 e. The Hall–Kier alpha value is -1.12. The van der Waals surface area contributed by atoms with Crippen molar-refractivity contribution >= 4 is 5.82 Å². The zero-order valence-corrected chi connectivity index (χ0v) is 11.4. The fourth-order valence-corrected chi connectivity index (χ4v) is 1.88. The van der Waals surface area contributed by atoms with Gasteiger partial charge in [0.05, 0.1) is 0 Å². The van der Waals surface area contributed by atoms with Gasteiger partial charge in [0, 0.05) is 18.3 Å². The second-order valence-corrected chi connectivity index (χ2v) is 4.55. The van der Waals surface area contributed by atoms with Crippen LogP contribution in [0.3, 0.4) is 0 Å². The van der Waals surface area contributed by atoms with Gasteiger partial charge in [0.25, 0.3) is 0 Å². The number of nitrogens with one attached hydrogen (secondary N) is 1. The van der Waals surface area contributed by atoms with E-state index in [1.807, 2.05) is 6.07 Å². The number of hydrogen-bond donors (Lipinski definition) is 1. The number of aromatic nitrogens is 2. The molecule has 0 saturated carbocycles. The van der Waals surface area contributed by atoms with Crippen LogP contribution in [0.4, 0.5) is 5.82 Å². The van der Waals surface area contributed by atoms with E-state index in [0.717, 1.165) is 30.4 Å². The van der Waals surface area contributed by atoms with Gasteiger partial charge in [-0.15, -0.1) is 0 Å². The molecule has 0 fully saturated rings. The average molecular weight is 235 g/mol. The Morgan fingerprint density at radius 3 is 2.71 bits per heavy atom. The lowest BCUT2D eigenvalue weighted by atomic mass is 9.99. The monoisotopic (exact) mass is 235 g/mol. The average Bonchev–Trinajstić information content (AvgIpc) is 2.39. The molecule has 1 heterocycles. The Kier molecular flexibility index (Phi) is 6.60. The number of nitrogens with zero attached hydrogens (tertiary/aromatic N) is 2. The summed E-state index contributed by atoms with van der Waals surface area (Å²) in [6.07, 6.45) is 7.76. The van der Waals surface area contributed by atoms with E-state index in [1.54, 1.807) is 6.33 Å². The van der Waals surface area contributed by atoms with E-state index in [1.165, 1.54) is 25.7 Å². The maximum atomic E-state index is 4.25. The van der Waals surface area contributed by atoms with E-state index in [0.29, 0.717) is 0 Å². The molecule has 0 amide bonds. The minimum absolute atomic E-state index is 0.759. The first-order valence-corrected chi connectivity index (χ1v) is 6.84. The SMILES string of the molecule is CCCCC(CC)CNc1cc(CC)ncn1. The predicted molar refractivity (Wildman–Crippen MR) is 73.2 cm³/mol. The number of anilines is 1. The number of aryl methyl sites for hydroxylation is 1. The third kappa shape index (κ3) is 5.16. The summed E-state index contributed by atoms with van der Waals surface area (Å²) in [4.78, 5) is 8.46. The lowest BCUT2D eigenvalue weighted by Gasteiger charge is -2.15. The van der Waals surface area contributed by atoms with Crippen LogP contribution in [0, 0.1) is 5.92 Å². The van der Waals surface area contributed by atoms with Crippen molar-refractivity contribution in [2.45, 2.75) is 52.9 Å². The van der Waals surface area contributed by atoms with Crippen LogP contribution in [0.2, 0.25) is 0 Å². The van der Waals surface area contributed by atoms with Gasteiger partial charge in [-0.3, -0.25) is 0 Å². The molecule has 1 N–H and O–H groups in total. The molecule has 0 radical (unpaired) electrons. The Morgan fingerprint density at radius 2 is 2.06 bits per heavy atom. The molecule has 1 atom stereocenters. The summed E-state index contributed by atoms with van der Waals surface area (Å²) in [6.45, 7) is 7.65. The van der Waals surface area contributed by atoms with E-state index in [4.69, 9.17) is 0 Å². The van der Waals surface area contributed by atoms with Gasteiger partial charge >= 0.3 is 0 Å². The Morgan fingerprint density at radius 1 is 1.24 bits per heavy atom. The van der Waals surface area contributed by atoms with Crippen LogP contribution in [0.25, 0.3) is 0 Å². The normalized spacial score (nSPS) is 12.4. The molecule has 1 aromatic rings. The van der Waals surface area contributed by atoms with Crippen molar-refractivity contribution in [2.24, 2.45) is 5.92 Å². The fraction of sp³-hybridized carbons (Fsp3) is 0.714. The zero-order chi connectivity index (χ0) is 12.5. The molecule has 0 bridgehead atoms. The minimum atomic E-state index is 0.759. The molecule has 0 spiro atoms. The molecular formula is C14H25N3. The quantitative estimate of drug-likeness (QED) is 0.747. The van der Waals surface area contributed by atoms with Gasteiger partial charge in [0.15, 0.2) is 0 Å². The van der Waals surface area contributed by atoms with Crippen molar-refractivity contribution in [1.82, 2.24) is 9.97 Å². The highest BCUT2D eigenvalue weighted by Gasteiger charge is 2.06. The second-order valence-electron chi connectivity index (χ2n) is 4.55. The molecule has 1 unspecified atom stereocenters. The Balaban J connectivity index is 2.41. The number of unbranched alkanes of at least 4 members (excludes halogenated alkanes) is 1. The second kappa shape index (κ2) is 8.04. The van der Waals surface area contributed by atoms with Crippen LogP contribution in [-0.2, 0) is 6.42 Å². The lowest BCUT2D eigenvalue weighted by molar-refractivity contribution is 0.472. The Labute approximate surface area is 105 Å². The lowest BCUT2D eigenvalue weighted by Crippen LogP contribution is -2.14. The molecule has 0 aromatic carbocycles. The van der Waals surface area contributed by atoms with Crippen LogP contribution in [-0.4, -0.2) is 16.5 Å². The molecule has 0 aliphatic carbocycles. The van der Waals surface area contributed by atoms with Crippen molar-refractivity contribution in [1.29, 1.82) is 0 Å². The highest BCUT2D eigenvalue weighted by molar-refractivity contribution is 5.34. The van der Waals surface area contributed by atoms with Crippen molar-refractivity contribution < 1.29 is 0 Å². The standard InChI is InChI=1S/C14H25N3/c1-4-7-8-12(5-2)10-15-14-9-13(6-3)16-11-17-14/h9,11-12H,4-8,10H2,1-3H3,(H,15,16,17). The van der Waals surface area contributed by atoms with E-state index in [9.17, 15) is 0 Å². The van der Waals surface area contributed by atoms with Crippen molar-refractivity contribution in [3.63, 3.8) is 0 Å². The number of rotatable bonds is 8. The molecule has 0 aliphatic rings. The third-order valence-corrected chi connectivity index (χ3v) is 3.20. The molecule has 17 heavy (non-hydrogen) atoms. The fourth-order valence-electron chi connectivity index (χ4n) is 1.88. The summed E-state index contributed by atoms with van der Waals surface area (Å²) in [7, 11) is 0. The van der Waals surface area contributed by atoms with Crippen molar-refractivity contribution in [2.75, 3.05) is 11.9 Å². The third-order valence-electron chi connectivity index (χ3n) is 3.20. The van der Waals surface area contributed by atoms with Crippen LogP contribution in [0.15, 0.2) is 12.4 Å². The highest BCUT2D eigenvalue weighted by Crippen LogP contribution is 2.13. The molecular weight excluding hydrogens is 210 g/mol. The molecule has 96 valence electrons. The van der Waals surface area contributed by atoms with Gasteiger partial charge < -0.3 is 5.32 Å². The predicted octanol–water partition coefficient (Wildman–Crippen LogP) is 3.67. The van der Waals surface area contributed by atoms with Gasteiger partial charge in [-0.2, -0.15) is 0 Å². The first-order chi connectivity index (χ1) is 8.30.